The predicted molar refractivity (Wildman–Crippen MR) is 75.2 cm³/mol. The number of likely N-dealkylation sites (N-methyl/N-ethyl adjacent to an activating group) is 1. The second kappa shape index (κ2) is 7.22. The molecule has 0 radical (unpaired) electrons. The van der Waals surface area contributed by atoms with E-state index in [9.17, 15) is 13.2 Å². The lowest BCUT2D eigenvalue weighted by Gasteiger charge is -2.10. The van der Waals surface area contributed by atoms with Crippen LogP contribution >= 0.6 is 0 Å². The van der Waals surface area contributed by atoms with Crippen molar-refractivity contribution in [3.63, 3.8) is 0 Å². The Morgan fingerprint density at radius 3 is 2.60 bits per heavy atom. The van der Waals surface area contributed by atoms with Crippen LogP contribution in [0.2, 0.25) is 0 Å². The van der Waals surface area contributed by atoms with Gasteiger partial charge in [-0.1, -0.05) is 6.92 Å². The minimum atomic E-state index is -3.68. The van der Waals surface area contributed by atoms with Gasteiger partial charge in [-0.15, -0.1) is 0 Å². The average molecular weight is 301 g/mol. The van der Waals surface area contributed by atoms with Crippen LogP contribution in [0.3, 0.4) is 0 Å². The van der Waals surface area contributed by atoms with Crippen LogP contribution in [0.15, 0.2) is 23.1 Å². The summed E-state index contributed by atoms with van der Waals surface area (Å²) in [5, 5.41) is 3.00. The lowest BCUT2D eigenvalue weighted by Crippen LogP contribution is -2.32. The fraction of sp³-hybridized carbons (Fsp3) is 0.417. The summed E-state index contributed by atoms with van der Waals surface area (Å²) in [5.74, 6) is -0.504. The molecule has 0 aliphatic heterocycles. The van der Waals surface area contributed by atoms with Crippen molar-refractivity contribution in [1.82, 2.24) is 10.0 Å². The maximum atomic E-state index is 12.0. The molecule has 0 saturated carbocycles. The van der Waals surface area contributed by atoms with E-state index in [1.807, 2.05) is 6.92 Å². The summed E-state index contributed by atoms with van der Waals surface area (Å²) >= 11 is 0. The van der Waals surface area contributed by atoms with E-state index in [4.69, 9.17) is 10.5 Å². The first-order valence-corrected chi connectivity index (χ1v) is 7.59. The molecular formula is C12H19N3O4S. The molecule has 1 rings (SSSR count). The lowest BCUT2D eigenvalue weighted by molar-refractivity contribution is 0.0997. The van der Waals surface area contributed by atoms with Gasteiger partial charge in [-0.3, -0.25) is 4.79 Å². The number of hydrogen-bond donors (Lipinski definition) is 3. The van der Waals surface area contributed by atoms with Crippen LogP contribution in [-0.4, -0.2) is 41.1 Å². The number of amides is 1. The summed E-state index contributed by atoms with van der Waals surface area (Å²) < 4.78 is 31.5. The number of carbonyl (C=O) groups is 1. The number of primary amides is 1. The van der Waals surface area contributed by atoms with E-state index in [1.165, 1.54) is 25.3 Å². The third-order valence-corrected chi connectivity index (χ3v) is 4.05. The first-order chi connectivity index (χ1) is 9.42. The molecule has 1 amide bonds. The van der Waals surface area contributed by atoms with Gasteiger partial charge in [0.1, 0.15) is 5.75 Å². The van der Waals surface area contributed by atoms with E-state index < -0.39 is 15.9 Å². The van der Waals surface area contributed by atoms with E-state index in [1.54, 1.807) is 0 Å². The molecule has 20 heavy (non-hydrogen) atoms. The maximum Gasteiger partial charge on any atom is 0.252 e. The van der Waals surface area contributed by atoms with Gasteiger partial charge in [0.05, 0.1) is 17.6 Å². The Morgan fingerprint density at radius 1 is 1.35 bits per heavy atom. The lowest BCUT2D eigenvalue weighted by atomic mass is 10.2. The molecule has 0 unspecified atom stereocenters. The number of hydrogen-bond acceptors (Lipinski definition) is 5. The molecular weight excluding hydrogens is 282 g/mol. The molecule has 0 bridgehead atoms. The van der Waals surface area contributed by atoms with Crippen molar-refractivity contribution in [2.24, 2.45) is 5.73 Å². The molecule has 1 aromatic rings. The topological polar surface area (TPSA) is 111 Å². The number of sulfonamides is 1. The zero-order valence-corrected chi connectivity index (χ0v) is 12.3. The Bertz CT molecular complexity index is 572. The van der Waals surface area contributed by atoms with Crippen LogP contribution < -0.4 is 20.5 Å². The number of rotatable bonds is 8. The monoisotopic (exact) mass is 301 g/mol. The van der Waals surface area contributed by atoms with Crippen molar-refractivity contribution in [3.05, 3.63) is 23.8 Å². The van der Waals surface area contributed by atoms with Gasteiger partial charge in [0, 0.05) is 13.1 Å². The molecule has 4 N–H and O–H groups in total. The SMILES string of the molecule is CCNCCNS(=O)(=O)c1ccc(OC)c(C(N)=O)c1. The summed E-state index contributed by atoms with van der Waals surface area (Å²) in [6.45, 7) is 3.47. The van der Waals surface area contributed by atoms with Crippen LogP contribution in [0.1, 0.15) is 17.3 Å². The molecule has 0 atom stereocenters. The third-order valence-electron chi connectivity index (χ3n) is 2.59. The van der Waals surface area contributed by atoms with Gasteiger partial charge in [-0.2, -0.15) is 0 Å². The van der Waals surface area contributed by atoms with Crippen LogP contribution in [-0.2, 0) is 10.0 Å². The molecule has 1 aromatic carbocycles. The molecule has 0 saturated heterocycles. The van der Waals surface area contributed by atoms with Crippen LogP contribution in [0.4, 0.5) is 0 Å². The average Bonchev–Trinajstić information content (AvgIpc) is 2.42. The molecule has 0 heterocycles. The number of ether oxygens (including phenoxy) is 1. The Morgan fingerprint density at radius 2 is 2.05 bits per heavy atom. The van der Waals surface area contributed by atoms with Gasteiger partial charge in [-0.25, -0.2) is 13.1 Å². The number of nitrogens with one attached hydrogen (secondary N) is 2. The van der Waals surface area contributed by atoms with Crippen LogP contribution in [0.25, 0.3) is 0 Å². The van der Waals surface area contributed by atoms with E-state index in [0.29, 0.717) is 6.54 Å². The fourth-order valence-electron chi connectivity index (χ4n) is 1.58. The van der Waals surface area contributed by atoms with Gasteiger partial charge < -0.3 is 15.8 Å². The highest BCUT2D eigenvalue weighted by Crippen LogP contribution is 2.21. The van der Waals surface area contributed by atoms with E-state index in [0.717, 1.165) is 6.54 Å². The van der Waals surface area contributed by atoms with Gasteiger partial charge in [-0.05, 0) is 24.7 Å². The third kappa shape index (κ3) is 4.19. The summed E-state index contributed by atoms with van der Waals surface area (Å²) in [6, 6.07) is 3.97. The van der Waals surface area contributed by atoms with Gasteiger partial charge in [0.25, 0.3) is 5.91 Å². The second-order valence-corrected chi connectivity index (χ2v) is 5.74. The van der Waals surface area contributed by atoms with Crippen molar-refractivity contribution in [1.29, 1.82) is 0 Å². The Kier molecular flexibility index (Phi) is 5.93. The summed E-state index contributed by atoms with van der Waals surface area (Å²) in [5.41, 5.74) is 5.23. The molecule has 112 valence electrons. The number of methoxy groups -OCH3 is 1. The quantitative estimate of drug-likeness (QED) is 0.570. The highest BCUT2D eigenvalue weighted by molar-refractivity contribution is 7.89. The minimum Gasteiger partial charge on any atom is -0.496 e. The zero-order chi connectivity index (χ0) is 15.2. The smallest absolute Gasteiger partial charge is 0.252 e. The van der Waals surface area contributed by atoms with Gasteiger partial charge >= 0.3 is 0 Å². The van der Waals surface area contributed by atoms with Crippen LogP contribution in [0.5, 0.6) is 5.75 Å². The fourth-order valence-corrected chi connectivity index (χ4v) is 2.64. The van der Waals surface area contributed by atoms with Crippen molar-refractivity contribution >= 4 is 15.9 Å². The van der Waals surface area contributed by atoms with E-state index in [2.05, 4.69) is 10.0 Å². The molecule has 0 aliphatic carbocycles. The molecule has 0 aromatic heterocycles. The molecule has 8 heteroatoms. The molecule has 7 nitrogen and oxygen atoms in total. The van der Waals surface area contributed by atoms with Crippen molar-refractivity contribution in [2.75, 3.05) is 26.7 Å². The normalized spacial score (nSPS) is 11.3. The molecule has 0 fully saturated rings. The van der Waals surface area contributed by atoms with E-state index >= 15 is 0 Å². The summed E-state index contributed by atoms with van der Waals surface area (Å²) in [4.78, 5) is 11.3. The highest BCUT2D eigenvalue weighted by Gasteiger charge is 2.18. The maximum absolute atomic E-state index is 12.0. The minimum absolute atomic E-state index is 0.0244. The second-order valence-electron chi connectivity index (χ2n) is 3.98. The largest absolute Gasteiger partial charge is 0.496 e. The number of benzene rings is 1. The first kappa shape index (κ1) is 16.4. The van der Waals surface area contributed by atoms with Crippen LogP contribution in [0, 0.1) is 0 Å². The number of nitrogens with two attached hydrogens (primary N) is 1. The van der Waals surface area contributed by atoms with Crippen molar-refractivity contribution in [2.45, 2.75) is 11.8 Å². The van der Waals surface area contributed by atoms with Crippen molar-refractivity contribution < 1.29 is 17.9 Å². The first-order valence-electron chi connectivity index (χ1n) is 6.10. The Labute approximate surface area is 118 Å². The summed E-state index contributed by atoms with van der Waals surface area (Å²) in [7, 11) is -2.30. The molecule has 0 aliphatic rings. The Balaban J connectivity index is 2.95. The zero-order valence-electron chi connectivity index (χ0n) is 11.5. The number of carbonyl (C=O) groups excluding carboxylic acids is 1. The standard InChI is InChI=1S/C12H19N3O4S/c1-3-14-6-7-15-20(17,18)9-4-5-11(19-2)10(8-9)12(13)16/h4-5,8,14-15H,3,6-7H2,1-2H3,(H2,13,16). The van der Waals surface area contributed by atoms with E-state index in [-0.39, 0.29) is 22.8 Å². The molecule has 0 spiro atoms. The van der Waals surface area contributed by atoms with Gasteiger partial charge in [0.15, 0.2) is 0 Å². The summed E-state index contributed by atoms with van der Waals surface area (Å²) in [6.07, 6.45) is 0. The van der Waals surface area contributed by atoms with Crippen molar-refractivity contribution in [3.8, 4) is 5.75 Å². The highest BCUT2D eigenvalue weighted by atomic mass is 32.2. The Hall–Kier alpha value is -1.64. The van der Waals surface area contributed by atoms with Gasteiger partial charge in [0.2, 0.25) is 10.0 Å². The predicted octanol–water partition coefficient (Wildman–Crippen LogP) is -0.318.